The van der Waals surface area contributed by atoms with Gasteiger partial charge >= 0.3 is 5.97 Å². The summed E-state index contributed by atoms with van der Waals surface area (Å²) in [6, 6.07) is 8.58. The Morgan fingerprint density at radius 2 is 1.93 bits per heavy atom. The van der Waals surface area contributed by atoms with Crippen LogP contribution in [0.2, 0.25) is 0 Å². The molecule has 0 aliphatic carbocycles. The number of carbonyl (C=O) groups excluding carboxylic acids is 2. The fraction of sp³-hybridized carbons (Fsp3) is 0.529. The molecule has 0 saturated carbocycles. The number of hydrogen-bond donors (Lipinski definition) is 1. The van der Waals surface area contributed by atoms with Gasteiger partial charge in [0.2, 0.25) is 0 Å². The maximum Gasteiger partial charge on any atom is 0.303 e. The number of carbonyl (C=O) groups is 2. The molecule has 2 aliphatic heterocycles. The van der Waals surface area contributed by atoms with Crippen molar-refractivity contribution in [2.24, 2.45) is 0 Å². The molecule has 7 nitrogen and oxygen atoms in total. The zero-order chi connectivity index (χ0) is 19.6. The van der Waals surface area contributed by atoms with E-state index in [2.05, 4.69) is 5.32 Å². The van der Waals surface area contributed by atoms with E-state index in [9.17, 15) is 9.59 Å². The van der Waals surface area contributed by atoms with Crippen LogP contribution in [0.4, 0.5) is 0 Å². The van der Waals surface area contributed by atoms with E-state index < -0.39 is 46.3 Å². The molecule has 2 saturated heterocycles. The third-order valence-corrected chi connectivity index (χ3v) is 4.73. The lowest BCUT2D eigenvalue weighted by atomic mass is 9.98. The molecule has 148 valence electrons. The Morgan fingerprint density at radius 3 is 2.56 bits per heavy atom. The molecular formula is C17H18Cl3NO6. The van der Waals surface area contributed by atoms with Crippen LogP contribution in [0, 0.1) is 0 Å². The highest BCUT2D eigenvalue weighted by molar-refractivity contribution is 6.76. The third kappa shape index (κ3) is 5.04. The predicted molar refractivity (Wildman–Crippen MR) is 97.4 cm³/mol. The van der Waals surface area contributed by atoms with Gasteiger partial charge in [-0.25, -0.2) is 0 Å². The molecule has 0 spiro atoms. The minimum atomic E-state index is -2.17. The molecule has 0 aromatic heterocycles. The summed E-state index contributed by atoms with van der Waals surface area (Å²) in [5.74, 6) is -1.36. The molecule has 5 atom stereocenters. The zero-order valence-electron chi connectivity index (χ0n) is 14.3. The van der Waals surface area contributed by atoms with E-state index in [1.165, 1.54) is 6.92 Å². The van der Waals surface area contributed by atoms with Crippen LogP contribution in [0.25, 0.3) is 0 Å². The van der Waals surface area contributed by atoms with Crippen LogP contribution in [-0.2, 0) is 35.1 Å². The average molecular weight is 439 g/mol. The topological polar surface area (TPSA) is 83.1 Å². The molecule has 1 aromatic rings. The quantitative estimate of drug-likeness (QED) is 0.560. The van der Waals surface area contributed by atoms with Gasteiger partial charge in [-0.1, -0.05) is 65.1 Å². The van der Waals surface area contributed by atoms with E-state index in [0.29, 0.717) is 0 Å². The Balaban J connectivity index is 1.82. The van der Waals surface area contributed by atoms with Crippen LogP contribution >= 0.6 is 34.8 Å². The monoisotopic (exact) mass is 437 g/mol. The highest BCUT2D eigenvalue weighted by Crippen LogP contribution is 2.34. The van der Waals surface area contributed by atoms with Crippen LogP contribution in [0.1, 0.15) is 12.5 Å². The molecule has 1 N–H and O–H groups in total. The standard InChI is InChI=1S/C17H18Cl3NO6/c1-9(22)26-13-11-8-25-15(27-11)12(21-16(23)17(18,19)20)14(13)24-7-10-5-3-2-4-6-10/h2-6,11-15H,7-8H2,1H3,(H,21,23)/t11-,12-,13-,14-,15-/m1/s1. The van der Waals surface area contributed by atoms with Gasteiger partial charge in [0.05, 0.1) is 13.2 Å². The molecule has 1 aromatic carbocycles. The van der Waals surface area contributed by atoms with E-state index >= 15 is 0 Å². The number of nitrogens with one attached hydrogen (secondary N) is 1. The summed E-state index contributed by atoms with van der Waals surface area (Å²) in [5, 5.41) is 2.58. The predicted octanol–water partition coefficient (Wildman–Crippen LogP) is 2.11. The number of esters is 1. The third-order valence-electron chi connectivity index (χ3n) is 4.21. The summed E-state index contributed by atoms with van der Waals surface area (Å²) >= 11 is 17.0. The van der Waals surface area contributed by atoms with Gasteiger partial charge in [0, 0.05) is 6.92 Å². The molecule has 2 aliphatic rings. The number of halogens is 3. The Morgan fingerprint density at radius 1 is 1.22 bits per heavy atom. The first-order chi connectivity index (χ1) is 12.8. The van der Waals surface area contributed by atoms with Gasteiger partial charge < -0.3 is 24.3 Å². The van der Waals surface area contributed by atoms with Crippen LogP contribution < -0.4 is 5.32 Å². The van der Waals surface area contributed by atoms with Crippen molar-refractivity contribution >= 4 is 46.7 Å². The van der Waals surface area contributed by atoms with Crippen molar-refractivity contribution in [1.82, 2.24) is 5.32 Å². The summed E-state index contributed by atoms with van der Waals surface area (Å²) in [7, 11) is 0. The first-order valence-corrected chi connectivity index (χ1v) is 9.36. The van der Waals surface area contributed by atoms with Crippen LogP contribution in [0.5, 0.6) is 0 Å². The lowest BCUT2D eigenvalue weighted by Gasteiger charge is -2.40. The lowest BCUT2D eigenvalue weighted by molar-refractivity contribution is -0.215. The molecule has 2 bridgehead atoms. The van der Waals surface area contributed by atoms with E-state index in [0.717, 1.165) is 5.56 Å². The zero-order valence-corrected chi connectivity index (χ0v) is 16.5. The van der Waals surface area contributed by atoms with E-state index in [1.807, 2.05) is 30.3 Å². The second-order valence-corrected chi connectivity index (χ2v) is 8.49. The minimum absolute atomic E-state index is 0.188. The second kappa shape index (κ2) is 8.51. The van der Waals surface area contributed by atoms with Crippen LogP contribution in [0.3, 0.4) is 0 Å². The maximum atomic E-state index is 12.2. The van der Waals surface area contributed by atoms with E-state index in [4.69, 9.17) is 53.8 Å². The molecular weight excluding hydrogens is 421 g/mol. The molecule has 10 heteroatoms. The highest BCUT2D eigenvalue weighted by Gasteiger charge is 2.54. The maximum absolute atomic E-state index is 12.2. The number of benzene rings is 1. The van der Waals surface area contributed by atoms with Gasteiger partial charge in [0.1, 0.15) is 18.2 Å². The number of alkyl halides is 3. The van der Waals surface area contributed by atoms with Crippen LogP contribution in [-0.4, -0.2) is 52.9 Å². The average Bonchev–Trinajstić information content (AvgIpc) is 3.04. The SMILES string of the molecule is CC(=O)O[C@H]1[C@H](OCc2ccccc2)[C@@H](NC(=O)C(Cl)(Cl)Cl)[C@@H]2OC[C@H]1O2. The molecule has 2 fully saturated rings. The summed E-state index contributed by atoms with van der Waals surface area (Å²) in [6.07, 6.45) is -2.86. The number of ether oxygens (including phenoxy) is 4. The number of fused-ring (bicyclic) bond motifs is 2. The molecule has 2 heterocycles. The van der Waals surface area contributed by atoms with Gasteiger partial charge in [-0.15, -0.1) is 0 Å². The first-order valence-electron chi connectivity index (χ1n) is 8.23. The van der Waals surface area contributed by atoms with Gasteiger partial charge in [-0.2, -0.15) is 0 Å². The van der Waals surface area contributed by atoms with Gasteiger partial charge in [-0.05, 0) is 5.56 Å². The Hall–Kier alpha value is -1.09. The van der Waals surface area contributed by atoms with Crippen molar-refractivity contribution in [2.75, 3.05) is 6.61 Å². The molecule has 27 heavy (non-hydrogen) atoms. The molecule has 3 rings (SSSR count). The normalized spacial score (nSPS) is 30.0. The number of amides is 1. The second-order valence-electron chi connectivity index (χ2n) is 6.21. The lowest BCUT2D eigenvalue weighted by Crippen LogP contribution is -2.63. The summed E-state index contributed by atoms with van der Waals surface area (Å²) in [4.78, 5) is 23.7. The Bertz CT molecular complexity index is 683. The highest BCUT2D eigenvalue weighted by atomic mass is 35.6. The minimum Gasteiger partial charge on any atom is -0.457 e. The number of hydrogen-bond acceptors (Lipinski definition) is 6. The van der Waals surface area contributed by atoms with Crippen molar-refractivity contribution in [3.63, 3.8) is 0 Å². The van der Waals surface area contributed by atoms with E-state index in [-0.39, 0.29) is 13.2 Å². The summed E-state index contributed by atoms with van der Waals surface area (Å²) in [6.45, 7) is 1.70. The largest absolute Gasteiger partial charge is 0.457 e. The van der Waals surface area contributed by atoms with E-state index in [1.54, 1.807) is 0 Å². The molecule has 0 unspecified atom stereocenters. The Labute approximate surface area is 171 Å². The summed E-state index contributed by atoms with van der Waals surface area (Å²) < 4.78 is 20.5. The molecule has 1 amide bonds. The Kier molecular flexibility index (Phi) is 6.50. The van der Waals surface area contributed by atoms with Gasteiger partial charge in [-0.3, -0.25) is 9.59 Å². The first kappa shape index (κ1) is 20.6. The fourth-order valence-corrected chi connectivity index (χ4v) is 3.22. The van der Waals surface area contributed by atoms with Crippen molar-refractivity contribution in [3.05, 3.63) is 35.9 Å². The fourth-order valence-electron chi connectivity index (χ4n) is 3.06. The van der Waals surface area contributed by atoms with Crippen molar-refractivity contribution < 1.29 is 28.5 Å². The smallest absolute Gasteiger partial charge is 0.303 e. The van der Waals surface area contributed by atoms with Crippen LogP contribution in [0.15, 0.2) is 30.3 Å². The van der Waals surface area contributed by atoms with Crippen molar-refractivity contribution in [3.8, 4) is 0 Å². The number of rotatable bonds is 5. The van der Waals surface area contributed by atoms with Gasteiger partial charge in [0.15, 0.2) is 12.4 Å². The summed E-state index contributed by atoms with van der Waals surface area (Å²) in [5.41, 5.74) is 0.908. The molecule has 0 radical (unpaired) electrons. The van der Waals surface area contributed by atoms with Crippen molar-refractivity contribution in [1.29, 1.82) is 0 Å². The van der Waals surface area contributed by atoms with Crippen molar-refractivity contribution in [2.45, 2.75) is 48.0 Å². The van der Waals surface area contributed by atoms with Gasteiger partial charge in [0.25, 0.3) is 9.70 Å².